The van der Waals surface area contributed by atoms with Crippen molar-refractivity contribution in [3.63, 3.8) is 0 Å². The molecule has 0 rings (SSSR count). The van der Waals surface area contributed by atoms with Crippen molar-refractivity contribution in [1.29, 1.82) is 0 Å². The summed E-state index contributed by atoms with van der Waals surface area (Å²) in [6.45, 7) is 4.27. The fraction of sp³-hybridized carbons (Fsp3) is 0.667. The van der Waals surface area contributed by atoms with Crippen LogP contribution in [0.1, 0.15) is 20.3 Å². The average Bonchev–Trinajstić information content (AvgIpc) is 1.98. The highest BCUT2D eigenvalue weighted by molar-refractivity contribution is 6.30. The van der Waals surface area contributed by atoms with E-state index >= 15 is 0 Å². The van der Waals surface area contributed by atoms with Crippen LogP contribution in [0.25, 0.3) is 0 Å². The van der Waals surface area contributed by atoms with Gasteiger partial charge in [0.05, 0.1) is 6.21 Å². The summed E-state index contributed by atoms with van der Waals surface area (Å²) in [5.74, 6) is 0. The number of hydrogen-bond acceptors (Lipinski definition) is 4. The Balaban J connectivity index is 3.78. The normalized spacial score (nSPS) is 12.4. The van der Waals surface area contributed by atoms with Crippen molar-refractivity contribution in [3.05, 3.63) is 0 Å². The Morgan fingerprint density at radius 3 is 2.70 bits per heavy atom. The van der Waals surface area contributed by atoms with Crippen LogP contribution in [0.2, 0.25) is 0 Å². The molecular formula is C6H12N2O2. The fourth-order valence-electron chi connectivity index (χ4n) is 0.394. The van der Waals surface area contributed by atoms with Gasteiger partial charge in [-0.15, -0.1) is 0 Å². The molecule has 10 heavy (non-hydrogen) atoms. The van der Waals surface area contributed by atoms with Crippen molar-refractivity contribution >= 4 is 11.9 Å². The van der Waals surface area contributed by atoms with Crippen LogP contribution < -0.4 is 0 Å². The van der Waals surface area contributed by atoms with Gasteiger partial charge in [-0.3, -0.25) is 0 Å². The van der Waals surface area contributed by atoms with E-state index in [1.54, 1.807) is 0 Å². The molecule has 0 spiro atoms. The SMILES string of the molecule is CCON=C(C=NO)CC. The smallest absolute Gasteiger partial charge is 0.114 e. The van der Waals surface area contributed by atoms with E-state index in [1.165, 1.54) is 6.21 Å². The Bertz CT molecular complexity index is 132. The van der Waals surface area contributed by atoms with Crippen LogP contribution in [-0.4, -0.2) is 23.7 Å². The predicted molar refractivity (Wildman–Crippen MR) is 39.6 cm³/mol. The van der Waals surface area contributed by atoms with Crippen molar-refractivity contribution in [3.8, 4) is 0 Å². The van der Waals surface area contributed by atoms with E-state index in [2.05, 4.69) is 10.3 Å². The summed E-state index contributed by atoms with van der Waals surface area (Å²) in [7, 11) is 0. The summed E-state index contributed by atoms with van der Waals surface area (Å²) < 4.78 is 0. The van der Waals surface area contributed by atoms with Gasteiger partial charge >= 0.3 is 0 Å². The molecule has 0 aromatic rings. The Morgan fingerprint density at radius 2 is 2.30 bits per heavy atom. The molecule has 4 heteroatoms. The van der Waals surface area contributed by atoms with Crippen molar-refractivity contribution in [2.24, 2.45) is 10.3 Å². The second-order valence-corrected chi connectivity index (χ2v) is 1.60. The lowest BCUT2D eigenvalue weighted by Gasteiger charge is -1.94. The van der Waals surface area contributed by atoms with Crippen molar-refractivity contribution in [2.45, 2.75) is 20.3 Å². The predicted octanol–water partition coefficient (Wildman–Crippen LogP) is 1.25. The minimum absolute atomic E-state index is 0.531. The van der Waals surface area contributed by atoms with E-state index < -0.39 is 0 Å². The standard InChI is InChI=1S/C6H12N2O2/c1-3-6(5-7-9)8-10-4-2/h5,9H,3-4H2,1-2H3. The Hall–Kier alpha value is -1.06. The summed E-state index contributed by atoms with van der Waals surface area (Å²) in [6, 6.07) is 0. The highest BCUT2D eigenvalue weighted by Crippen LogP contribution is 1.84. The monoisotopic (exact) mass is 144 g/mol. The van der Waals surface area contributed by atoms with E-state index in [0.29, 0.717) is 18.7 Å². The van der Waals surface area contributed by atoms with E-state index in [0.717, 1.165) is 0 Å². The van der Waals surface area contributed by atoms with Gasteiger partial charge < -0.3 is 10.0 Å². The Morgan fingerprint density at radius 1 is 1.60 bits per heavy atom. The summed E-state index contributed by atoms with van der Waals surface area (Å²) in [4.78, 5) is 4.72. The molecule has 0 saturated carbocycles. The van der Waals surface area contributed by atoms with Crippen LogP contribution >= 0.6 is 0 Å². The van der Waals surface area contributed by atoms with Gasteiger partial charge in [-0.1, -0.05) is 17.2 Å². The number of oxime groups is 2. The summed E-state index contributed by atoms with van der Waals surface area (Å²) >= 11 is 0. The third-order valence-corrected chi connectivity index (χ3v) is 0.880. The highest BCUT2D eigenvalue weighted by Gasteiger charge is 1.89. The third-order valence-electron chi connectivity index (χ3n) is 0.880. The first-order chi connectivity index (χ1) is 4.85. The van der Waals surface area contributed by atoms with Gasteiger partial charge in [0.1, 0.15) is 12.3 Å². The summed E-state index contributed by atoms with van der Waals surface area (Å²) in [5, 5.41) is 14.6. The lowest BCUT2D eigenvalue weighted by molar-refractivity contribution is 0.159. The van der Waals surface area contributed by atoms with E-state index in [1.807, 2.05) is 13.8 Å². The third kappa shape index (κ3) is 3.88. The van der Waals surface area contributed by atoms with Crippen molar-refractivity contribution < 1.29 is 10.0 Å². The zero-order valence-electron chi connectivity index (χ0n) is 6.24. The molecule has 0 aliphatic heterocycles. The van der Waals surface area contributed by atoms with Crippen LogP contribution in [0.5, 0.6) is 0 Å². The summed E-state index contributed by atoms with van der Waals surface area (Å²) in [5.41, 5.74) is 0.629. The fourth-order valence-corrected chi connectivity index (χ4v) is 0.394. The van der Waals surface area contributed by atoms with Crippen LogP contribution in [-0.2, 0) is 4.84 Å². The van der Waals surface area contributed by atoms with Crippen LogP contribution in [0, 0.1) is 0 Å². The zero-order chi connectivity index (χ0) is 7.82. The Kier molecular flexibility index (Phi) is 5.42. The molecule has 0 saturated heterocycles. The van der Waals surface area contributed by atoms with Crippen LogP contribution in [0.4, 0.5) is 0 Å². The van der Waals surface area contributed by atoms with E-state index in [4.69, 9.17) is 10.0 Å². The second kappa shape index (κ2) is 6.07. The molecule has 0 aromatic carbocycles. The van der Waals surface area contributed by atoms with E-state index in [9.17, 15) is 0 Å². The van der Waals surface area contributed by atoms with Crippen molar-refractivity contribution in [2.75, 3.05) is 6.61 Å². The van der Waals surface area contributed by atoms with E-state index in [-0.39, 0.29) is 0 Å². The molecule has 4 nitrogen and oxygen atoms in total. The van der Waals surface area contributed by atoms with Gasteiger partial charge in [0.15, 0.2) is 0 Å². The maximum absolute atomic E-state index is 8.10. The van der Waals surface area contributed by atoms with Crippen LogP contribution in [0.3, 0.4) is 0 Å². The lowest BCUT2D eigenvalue weighted by Crippen LogP contribution is -1.98. The van der Waals surface area contributed by atoms with Crippen molar-refractivity contribution in [1.82, 2.24) is 0 Å². The topological polar surface area (TPSA) is 54.2 Å². The number of rotatable bonds is 4. The summed E-state index contributed by atoms with van der Waals surface area (Å²) in [6.07, 6.45) is 1.96. The van der Waals surface area contributed by atoms with Gasteiger partial charge in [-0.25, -0.2) is 0 Å². The first-order valence-electron chi connectivity index (χ1n) is 3.21. The Labute approximate surface area is 60.2 Å². The molecule has 0 heterocycles. The van der Waals surface area contributed by atoms with Gasteiger partial charge in [-0.05, 0) is 13.3 Å². The minimum Gasteiger partial charge on any atom is -0.411 e. The maximum atomic E-state index is 8.10. The molecule has 0 aromatic heterocycles. The minimum atomic E-state index is 0.531. The zero-order valence-corrected chi connectivity index (χ0v) is 6.24. The van der Waals surface area contributed by atoms with Gasteiger partial charge in [0, 0.05) is 0 Å². The highest BCUT2D eigenvalue weighted by atomic mass is 16.6. The molecule has 0 amide bonds. The molecule has 0 aliphatic rings. The number of nitrogens with zero attached hydrogens (tertiary/aromatic N) is 2. The number of hydrogen-bond donors (Lipinski definition) is 1. The lowest BCUT2D eigenvalue weighted by atomic mass is 10.3. The largest absolute Gasteiger partial charge is 0.411 e. The molecule has 58 valence electrons. The average molecular weight is 144 g/mol. The maximum Gasteiger partial charge on any atom is 0.114 e. The molecular weight excluding hydrogens is 132 g/mol. The molecule has 0 atom stereocenters. The van der Waals surface area contributed by atoms with Gasteiger partial charge in [-0.2, -0.15) is 0 Å². The quantitative estimate of drug-likeness (QED) is 0.366. The molecule has 0 unspecified atom stereocenters. The first-order valence-corrected chi connectivity index (χ1v) is 3.21. The first kappa shape index (κ1) is 8.94. The molecule has 0 aliphatic carbocycles. The molecule has 0 bridgehead atoms. The van der Waals surface area contributed by atoms with Gasteiger partial charge in [0.25, 0.3) is 0 Å². The van der Waals surface area contributed by atoms with Crippen LogP contribution in [0.15, 0.2) is 10.3 Å². The molecule has 0 fully saturated rings. The molecule has 0 radical (unpaired) electrons. The second-order valence-electron chi connectivity index (χ2n) is 1.60. The van der Waals surface area contributed by atoms with Gasteiger partial charge in [0.2, 0.25) is 0 Å². The molecule has 1 N–H and O–H groups in total.